The molecular weight excluding hydrogens is 475 g/mol. The highest BCUT2D eigenvalue weighted by molar-refractivity contribution is 5.75. The topological polar surface area (TPSA) is 94.5 Å². The number of likely N-dealkylation sites (tertiary alicyclic amines) is 2. The zero-order valence-corrected chi connectivity index (χ0v) is 20.1. The SMILES string of the molecule is COCCc1cnc(C2CC(c3ccc(OC(F)(F)F)cc3)CN(C(=O)N3CCC(C#N)CC3)C2)[nH]1. The molecule has 2 saturated heterocycles. The number of halogens is 3. The molecule has 2 unspecified atom stereocenters. The van der Waals surface area contributed by atoms with Gasteiger partial charge in [0.15, 0.2) is 0 Å². The molecule has 2 atom stereocenters. The standard InChI is InChI=1S/C25H30F3N5O3/c1-35-11-8-21-14-30-23(31-21)20-12-19(18-2-4-22(5-3-18)36-25(26,27)28)15-33(16-20)24(34)32-9-6-17(13-29)7-10-32/h2-5,14,17,19-20H,6-12,15-16H2,1H3,(H,30,31). The van der Waals surface area contributed by atoms with Crippen LogP contribution in [0.2, 0.25) is 0 Å². The van der Waals surface area contributed by atoms with E-state index in [0.29, 0.717) is 58.5 Å². The molecule has 0 bridgehead atoms. The van der Waals surface area contributed by atoms with E-state index in [1.807, 2.05) is 4.90 Å². The molecule has 11 heteroatoms. The van der Waals surface area contributed by atoms with Crippen LogP contribution in [0.3, 0.4) is 0 Å². The van der Waals surface area contributed by atoms with Gasteiger partial charge in [0.25, 0.3) is 0 Å². The number of ether oxygens (including phenoxy) is 2. The molecule has 36 heavy (non-hydrogen) atoms. The summed E-state index contributed by atoms with van der Waals surface area (Å²) in [7, 11) is 1.64. The molecular formula is C25H30F3N5O3. The molecule has 0 saturated carbocycles. The molecule has 1 N–H and O–H groups in total. The maximum atomic E-state index is 13.4. The summed E-state index contributed by atoms with van der Waals surface area (Å²) in [4.78, 5) is 24.9. The summed E-state index contributed by atoms with van der Waals surface area (Å²) in [5, 5.41) is 9.17. The van der Waals surface area contributed by atoms with Crippen LogP contribution in [0.5, 0.6) is 5.75 Å². The van der Waals surface area contributed by atoms with Crippen molar-refractivity contribution in [2.45, 2.75) is 43.9 Å². The number of H-pyrrole nitrogens is 1. The third-order valence-corrected chi connectivity index (χ3v) is 6.86. The van der Waals surface area contributed by atoms with Crippen LogP contribution in [0.15, 0.2) is 30.5 Å². The lowest BCUT2D eigenvalue weighted by Crippen LogP contribution is -2.51. The Hall–Kier alpha value is -3.26. The van der Waals surface area contributed by atoms with E-state index in [1.165, 1.54) is 12.1 Å². The van der Waals surface area contributed by atoms with E-state index in [-0.39, 0.29) is 29.5 Å². The Morgan fingerprint density at radius 3 is 2.50 bits per heavy atom. The van der Waals surface area contributed by atoms with Gasteiger partial charge in [-0.3, -0.25) is 0 Å². The van der Waals surface area contributed by atoms with E-state index >= 15 is 0 Å². The quantitative estimate of drug-likeness (QED) is 0.627. The highest BCUT2D eigenvalue weighted by atomic mass is 19.4. The van der Waals surface area contributed by atoms with Crippen molar-refractivity contribution in [3.05, 3.63) is 47.5 Å². The van der Waals surface area contributed by atoms with E-state index in [0.717, 1.165) is 17.1 Å². The maximum absolute atomic E-state index is 13.4. The molecule has 1 aromatic heterocycles. The molecule has 0 radical (unpaired) electrons. The van der Waals surface area contributed by atoms with Gasteiger partial charge in [-0.2, -0.15) is 5.26 Å². The number of benzene rings is 1. The van der Waals surface area contributed by atoms with Gasteiger partial charge in [0.05, 0.1) is 12.7 Å². The van der Waals surface area contributed by atoms with Crippen molar-refractivity contribution in [2.75, 3.05) is 39.9 Å². The summed E-state index contributed by atoms with van der Waals surface area (Å²) in [5.74, 6) is 0.329. The normalized spacial score (nSPS) is 21.3. The Bertz CT molecular complexity index is 1060. The lowest BCUT2D eigenvalue weighted by atomic mass is 9.84. The van der Waals surface area contributed by atoms with Crippen LogP contribution in [0.1, 0.15) is 48.2 Å². The third-order valence-electron chi connectivity index (χ3n) is 6.86. The van der Waals surface area contributed by atoms with Crippen molar-refractivity contribution in [2.24, 2.45) is 5.92 Å². The fraction of sp³-hybridized carbons (Fsp3) is 0.560. The number of nitrogens with zero attached hydrogens (tertiary/aromatic N) is 4. The number of carbonyl (C=O) groups excluding carboxylic acids is 1. The predicted molar refractivity (Wildman–Crippen MR) is 124 cm³/mol. The summed E-state index contributed by atoms with van der Waals surface area (Å²) in [6.45, 7) is 2.57. The van der Waals surface area contributed by atoms with Crippen LogP contribution < -0.4 is 4.74 Å². The Morgan fingerprint density at radius 1 is 1.17 bits per heavy atom. The van der Waals surface area contributed by atoms with Crippen LogP contribution >= 0.6 is 0 Å². The number of nitrogens with one attached hydrogen (secondary N) is 1. The van der Waals surface area contributed by atoms with Crippen molar-refractivity contribution in [3.63, 3.8) is 0 Å². The summed E-state index contributed by atoms with van der Waals surface area (Å²) < 4.78 is 46.9. The Balaban J connectivity index is 1.53. The molecule has 4 rings (SSSR count). The molecule has 0 spiro atoms. The van der Waals surface area contributed by atoms with Gasteiger partial charge < -0.3 is 24.3 Å². The first-order valence-electron chi connectivity index (χ1n) is 12.1. The van der Waals surface area contributed by atoms with Crippen molar-refractivity contribution in [1.29, 1.82) is 5.26 Å². The highest BCUT2D eigenvalue weighted by Crippen LogP contribution is 2.36. The minimum Gasteiger partial charge on any atom is -0.406 e. The van der Waals surface area contributed by atoms with Gasteiger partial charge in [0.2, 0.25) is 0 Å². The number of carbonyl (C=O) groups is 1. The number of aromatic amines is 1. The number of amides is 2. The molecule has 194 valence electrons. The van der Waals surface area contributed by atoms with Crippen LogP contribution in [-0.2, 0) is 11.2 Å². The van der Waals surface area contributed by atoms with Crippen LogP contribution in [0.4, 0.5) is 18.0 Å². The van der Waals surface area contributed by atoms with Gasteiger partial charge >= 0.3 is 12.4 Å². The fourth-order valence-corrected chi connectivity index (χ4v) is 4.96. The number of rotatable bonds is 6. The Labute approximate surface area is 208 Å². The number of alkyl halides is 3. The van der Waals surface area contributed by atoms with Gasteiger partial charge in [-0.05, 0) is 37.0 Å². The van der Waals surface area contributed by atoms with Crippen molar-refractivity contribution in [1.82, 2.24) is 19.8 Å². The summed E-state index contributed by atoms with van der Waals surface area (Å²) in [6.07, 6.45) is -0.275. The maximum Gasteiger partial charge on any atom is 0.573 e. The van der Waals surface area contributed by atoms with E-state index in [9.17, 15) is 23.2 Å². The zero-order valence-electron chi connectivity index (χ0n) is 20.1. The molecule has 2 aromatic rings. The third kappa shape index (κ3) is 6.49. The van der Waals surface area contributed by atoms with Crippen LogP contribution in [0.25, 0.3) is 0 Å². The minimum atomic E-state index is -4.75. The molecule has 2 amide bonds. The van der Waals surface area contributed by atoms with E-state index < -0.39 is 6.36 Å². The first-order valence-corrected chi connectivity index (χ1v) is 12.1. The van der Waals surface area contributed by atoms with E-state index in [1.54, 1.807) is 30.3 Å². The lowest BCUT2D eigenvalue weighted by molar-refractivity contribution is -0.274. The smallest absolute Gasteiger partial charge is 0.406 e. The number of aromatic nitrogens is 2. The largest absolute Gasteiger partial charge is 0.573 e. The van der Waals surface area contributed by atoms with Gasteiger partial charge in [0.1, 0.15) is 11.6 Å². The first kappa shape index (κ1) is 25.8. The Kier molecular flexibility index (Phi) is 8.04. The molecule has 3 heterocycles. The second kappa shape index (κ2) is 11.2. The number of nitriles is 1. The highest BCUT2D eigenvalue weighted by Gasteiger charge is 2.36. The molecule has 2 aliphatic rings. The molecule has 2 aliphatic heterocycles. The molecule has 1 aromatic carbocycles. The minimum absolute atomic E-state index is 0.0259. The van der Waals surface area contributed by atoms with Crippen LogP contribution in [-0.4, -0.2) is 72.1 Å². The summed E-state index contributed by atoms with van der Waals surface area (Å²) >= 11 is 0. The van der Waals surface area contributed by atoms with Gasteiger partial charge in [0, 0.05) is 69.4 Å². The van der Waals surface area contributed by atoms with Crippen molar-refractivity contribution in [3.8, 4) is 11.8 Å². The number of piperidine rings is 2. The predicted octanol–water partition coefficient (Wildman–Crippen LogP) is 4.43. The average Bonchev–Trinajstić information content (AvgIpc) is 3.35. The number of hydrogen-bond acceptors (Lipinski definition) is 5. The second-order valence-corrected chi connectivity index (χ2v) is 9.36. The van der Waals surface area contributed by atoms with Gasteiger partial charge in [-0.15, -0.1) is 13.2 Å². The van der Waals surface area contributed by atoms with Gasteiger partial charge in [-0.1, -0.05) is 12.1 Å². The van der Waals surface area contributed by atoms with E-state index in [2.05, 4.69) is 20.8 Å². The van der Waals surface area contributed by atoms with E-state index in [4.69, 9.17) is 4.74 Å². The number of methoxy groups -OCH3 is 1. The second-order valence-electron chi connectivity index (χ2n) is 9.36. The molecule has 2 fully saturated rings. The van der Waals surface area contributed by atoms with Crippen molar-refractivity contribution < 1.29 is 27.4 Å². The lowest BCUT2D eigenvalue weighted by Gasteiger charge is -2.41. The number of urea groups is 1. The number of hydrogen-bond donors (Lipinski definition) is 1. The van der Waals surface area contributed by atoms with Crippen molar-refractivity contribution >= 4 is 6.03 Å². The number of imidazole rings is 1. The molecule has 8 nitrogen and oxygen atoms in total. The summed E-state index contributed by atoms with van der Waals surface area (Å²) in [6, 6.07) is 8.07. The fourth-order valence-electron chi connectivity index (χ4n) is 4.96. The zero-order chi connectivity index (χ0) is 25.7. The molecule has 0 aliphatic carbocycles. The Morgan fingerprint density at radius 2 is 1.86 bits per heavy atom. The first-order chi connectivity index (χ1) is 17.3. The monoisotopic (exact) mass is 505 g/mol. The average molecular weight is 506 g/mol. The van der Waals surface area contributed by atoms with Gasteiger partial charge in [-0.25, -0.2) is 9.78 Å². The summed E-state index contributed by atoms with van der Waals surface area (Å²) in [5.41, 5.74) is 1.78. The van der Waals surface area contributed by atoms with Crippen LogP contribution in [0, 0.1) is 17.2 Å².